The number of nitrogens with one attached hydrogen (secondary N) is 1. The molecule has 1 aromatic heterocycles. The first-order valence-electron chi connectivity index (χ1n) is 5.80. The molecule has 0 atom stereocenters. The van der Waals surface area contributed by atoms with Crippen molar-refractivity contribution in [2.75, 3.05) is 0 Å². The third-order valence-electron chi connectivity index (χ3n) is 2.76. The van der Waals surface area contributed by atoms with E-state index < -0.39 is 0 Å². The number of nitrogens with zero attached hydrogens (tertiary/aromatic N) is 1. The lowest BCUT2D eigenvalue weighted by atomic mass is 10.1. The summed E-state index contributed by atoms with van der Waals surface area (Å²) in [6.45, 7) is 7.23. The average Bonchev–Trinajstić information content (AvgIpc) is 2.62. The molecule has 0 aromatic carbocycles. The number of aromatic amines is 1. The minimum Gasteiger partial charge on any atom is -0.512 e. The Morgan fingerprint density at radius 1 is 1.26 bits per heavy atom. The van der Waals surface area contributed by atoms with Crippen molar-refractivity contribution in [2.45, 2.75) is 6.42 Å². The lowest BCUT2D eigenvalue weighted by molar-refractivity contribution is 0.403. The van der Waals surface area contributed by atoms with Crippen LogP contribution in [0.1, 0.15) is 23.5 Å². The van der Waals surface area contributed by atoms with Gasteiger partial charge in [0.05, 0.1) is 17.0 Å². The Morgan fingerprint density at radius 2 is 2.00 bits per heavy atom. The van der Waals surface area contributed by atoms with Crippen LogP contribution in [0.2, 0.25) is 0 Å². The van der Waals surface area contributed by atoms with Crippen LogP contribution in [0.3, 0.4) is 0 Å². The van der Waals surface area contributed by atoms with Crippen molar-refractivity contribution in [3.63, 3.8) is 0 Å². The molecule has 0 spiro atoms. The van der Waals surface area contributed by atoms with Crippen molar-refractivity contribution in [1.29, 1.82) is 0 Å². The fourth-order valence-electron chi connectivity index (χ4n) is 1.82. The molecule has 96 valence electrons. The predicted molar refractivity (Wildman–Crippen MR) is 77.5 cm³/mol. The molecular formula is C15H14N2O2. The molecule has 4 heteroatoms. The van der Waals surface area contributed by atoms with Crippen LogP contribution in [0.5, 0.6) is 0 Å². The number of aliphatic hydroxyl groups is 1. The van der Waals surface area contributed by atoms with Gasteiger partial charge in [0.1, 0.15) is 5.82 Å². The number of aliphatic hydroxyl groups excluding tert-OH is 1. The van der Waals surface area contributed by atoms with Crippen LogP contribution in [-0.4, -0.2) is 15.1 Å². The number of H-pyrrole nitrogens is 1. The number of hydrogen-bond donors (Lipinski definition) is 2. The van der Waals surface area contributed by atoms with Gasteiger partial charge in [-0.3, -0.25) is 4.79 Å². The van der Waals surface area contributed by atoms with Crippen LogP contribution in [0, 0.1) is 0 Å². The smallest absolute Gasteiger partial charge is 0.258 e. The van der Waals surface area contributed by atoms with Gasteiger partial charge in [-0.25, -0.2) is 4.98 Å². The first-order chi connectivity index (χ1) is 9.15. The quantitative estimate of drug-likeness (QED) is 0.871. The molecule has 2 N–H and O–H groups in total. The Bertz CT molecular complexity index is 676. The van der Waals surface area contributed by atoms with E-state index in [9.17, 15) is 9.90 Å². The van der Waals surface area contributed by atoms with Crippen molar-refractivity contribution in [1.82, 2.24) is 9.97 Å². The summed E-state index contributed by atoms with van der Waals surface area (Å²) >= 11 is 0. The Kier molecular flexibility index (Phi) is 3.61. The fourth-order valence-corrected chi connectivity index (χ4v) is 1.82. The van der Waals surface area contributed by atoms with Crippen molar-refractivity contribution in [2.24, 2.45) is 0 Å². The molecular weight excluding hydrogens is 240 g/mol. The minimum absolute atomic E-state index is 0.218. The Labute approximate surface area is 110 Å². The number of hydrogen-bond acceptors (Lipinski definition) is 3. The van der Waals surface area contributed by atoms with Gasteiger partial charge in [0.2, 0.25) is 0 Å². The summed E-state index contributed by atoms with van der Waals surface area (Å²) in [5, 5.41) is 9.63. The van der Waals surface area contributed by atoms with E-state index in [0.717, 1.165) is 5.57 Å². The van der Waals surface area contributed by atoms with E-state index in [1.165, 1.54) is 12.2 Å². The van der Waals surface area contributed by atoms with Crippen LogP contribution in [-0.2, 0) is 0 Å². The predicted octanol–water partition coefficient (Wildman–Crippen LogP) is 2.84. The monoisotopic (exact) mass is 254 g/mol. The van der Waals surface area contributed by atoms with E-state index in [0.29, 0.717) is 23.5 Å². The highest BCUT2D eigenvalue weighted by Gasteiger charge is 2.11. The summed E-state index contributed by atoms with van der Waals surface area (Å²) in [5.74, 6) is 0.646. The second-order valence-electron chi connectivity index (χ2n) is 4.03. The third-order valence-corrected chi connectivity index (χ3v) is 2.76. The van der Waals surface area contributed by atoms with E-state index in [4.69, 9.17) is 0 Å². The number of aromatic nitrogens is 2. The van der Waals surface area contributed by atoms with Crippen molar-refractivity contribution in [3.8, 4) is 0 Å². The van der Waals surface area contributed by atoms with E-state index >= 15 is 0 Å². The molecule has 0 bridgehead atoms. The second-order valence-corrected chi connectivity index (χ2v) is 4.03. The van der Waals surface area contributed by atoms with Crippen molar-refractivity contribution < 1.29 is 5.11 Å². The van der Waals surface area contributed by atoms with Gasteiger partial charge in [-0.2, -0.15) is 0 Å². The SMILES string of the molecule is C=Cc1nc(C2=CC=CC=C(O)C2)[nH]c(=O)c1C=C. The molecule has 4 nitrogen and oxygen atoms in total. The van der Waals surface area contributed by atoms with Crippen LogP contribution in [0.25, 0.3) is 17.7 Å². The molecule has 0 unspecified atom stereocenters. The molecule has 2 rings (SSSR count). The molecule has 1 aliphatic rings. The van der Waals surface area contributed by atoms with E-state index in [2.05, 4.69) is 23.1 Å². The summed E-state index contributed by atoms with van der Waals surface area (Å²) in [6.07, 6.45) is 10.2. The Hall–Kier alpha value is -2.62. The third kappa shape index (κ3) is 2.63. The first-order valence-corrected chi connectivity index (χ1v) is 5.80. The maximum atomic E-state index is 11.9. The van der Waals surface area contributed by atoms with E-state index in [1.54, 1.807) is 24.3 Å². The largest absolute Gasteiger partial charge is 0.512 e. The van der Waals surface area contributed by atoms with Gasteiger partial charge in [-0.15, -0.1) is 0 Å². The summed E-state index contributed by atoms with van der Waals surface area (Å²) in [4.78, 5) is 19.0. The van der Waals surface area contributed by atoms with Gasteiger partial charge in [-0.1, -0.05) is 37.5 Å². The fraction of sp³-hybridized carbons (Fsp3) is 0.0667. The van der Waals surface area contributed by atoms with Crippen molar-refractivity contribution >= 4 is 17.7 Å². The molecule has 1 aromatic rings. The summed E-state index contributed by atoms with van der Waals surface area (Å²) in [5.41, 5.74) is 1.33. The summed E-state index contributed by atoms with van der Waals surface area (Å²) in [7, 11) is 0. The number of rotatable bonds is 3. The van der Waals surface area contributed by atoms with Crippen LogP contribution >= 0.6 is 0 Å². The lowest BCUT2D eigenvalue weighted by Crippen LogP contribution is -2.16. The highest BCUT2D eigenvalue weighted by molar-refractivity contribution is 5.67. The van der Waals surface area contributed by atoms with Gasteiger partial charge in [0.15, 0.2) is 0 Å². The molecule has 0 fully saturated rings. The van der Waals surface area contributed by atoms with Crippen LogP contribution in [0.4, 0.5) is 0 Å². The van der Waals surface area contributed by atoms with Crippen molar-refractivity contribution in [3.05, 3.63) is 70.7 Å². The molecule has 1 heterocycles. The average molecular weight is 254 g/mol. The van der Waals surface area contributed by atoms with Crippen LogP contribution in [0.15, 0.2) is 48.0 Å². The standard InChI is InChI=1S/C15H14N2O2/c1-3-12-13(4-2)16-14(17-15(12)19)10-7-5-6-8-11(18)9-10/h3-8,18H,1-2,9H2,(H,16,17,19). The van der Waals surface area contributed by atoms with Gasteiger partial charge in [-0.05, 0) is 12.2 Å². The summed E-state index contributed by atoms with van der Waals surface area (Å²) in [6, 6.07) is 0. The highest BCUT2D eigenvalue weighted by Crippen LogP contribution is 2.21. The minimum atomic E-state index is -0.271. The zero-order chi connectivity index (χ0) is 13.8. The maximum absolute atomic E-state index is 11.9. The van der Waals surface area contributed by atoms with Crippen LogP contribution < -0.4 is 5.56 Å². The highest BCUT2D eigenvalue weighted by atomic mass is 16.3. The Morgan fingerprint density at radius 3 is 2.68 bits per heavy atom. The molecule has 0 saturated heterocycles. The van der Waals surface area contributed by atoms with Gasteiger partial charge >= 0.3 is 0 Å². The molecule has 19 heavy (non-hydrogen) atoms. The van der Waals surface area contributed by atoms with Gasteiger partial charge < -0.3 is 10.1 Å². The van der Waals surface area contributed by atoms with E-state index in [-0.39, 0.29) is 11.3 Å². The molecule has 0 saturated carbocycles. The normalized spacial score (nSPS) is 14.3. The maximum Gasteiger partial charge on any atom is 0.258 e. The van der Waals surface area contributed by atoms with E-state index in [1.807, 2.05) is 0 Å². The molecule has 0 aliphatic heterocycles. The van der Waals surface area contributed by atoms with Gasteiger partial charge in [0, 0.05) is 12.0 Å². The Balaban J connectivity index is 2.56. The lowest BCUT2D eigenvalue weighted by Gasteiger charge is -2.07. The second kappa shape index (κ2) is 5.35. The molecule has 1 aliphatic carbocycles. The summed E-state index contributed by atoms with van der Waals surface area (Å²) < 4.78 is 0. The zero-order valence-corrected chi connectivity index (χ0v) is 10.4. The first kappa shape index (κ1) is 12.8. The van der Waals surface area contributed by atoms with Gasteiger partial charge in [0.25, 0.3) is 5.56 Å². The zero-order valence-electron chi connectivity index (χ0n) is 10.4. The molecule has 0 amide bonds. The number of allylic oxidation sites excluding steroid dienone is 5. The topological polar surface area (TPSA) is 66.0 Å². The molecule has 0 radical (unpaired) electrons.